The maximum Gasteiger partial charge on any atom is 0.0431 e. The highest BCUT2D eigenvalue weighted by Crippen LogP contribution is 2.13. The van der Waals surface area contributed by atoms with Gasteiger partial charge >= 0.3 is 0 Å². The Kier molecular flexibility index (Phi) is 6.80. The minimum atomic E-state index is 0.316. The SMILES string of the molecule is OCCCCN1CCCN(Cc2ccc(Cl)cc2)CC1. The third-order valence-electron chi connectivity index (χ3n) is 3.88. The Morgan fingerprint density at radius 3 is 2.40 bits per heavy atom. The molecule has 0 amide bonds. The minimum absolute atomic E-state index is 0.316. The van der Waals surface area contributed by atoms with Gasteiger partial charge in [0.25, 0.3) is 0 Å². The van der Waals surface area contributed by atoms with Gasteiger partial charge in [-0.3, -0.25) is 4.90 Å². The van der Waals surface area contributed by atoms with Crippen LogP contribution in [0.1, 0.15) is 24.8 Å². The van der Waals surface area contributed by atoms with E-state index in [0.717, 1.165) is 44.0 Å². The van der Waals surface area contributed by atoms with E-state index >= 15 is 0 Å². The van der Waals surface area contributed by atoms with Crippen molar-refractivity contribution in [1.29, 1.82) is 0 Å². The van der Waals surface area contributed by atoms with Gasteiger partial charge in [-0.1, -0.05) is 23.7 Å². The summed E-state index contributed by atoms with van der Waals surface area (Å²) in [7, 11) is 0. The van der Waals surface area contributed by atoms with Gasteiger partial charge in [0, 0.05) is 31.3 Å². The standard InChI is InChI=1S/C16H25ClN2O/c17-16-6-4-15(5-7-16)14-19-10-3-9-18(11-12-19)8-1-2-13-20/h4-7,20H,1-3,8-14H2. The number of aliphatic hydroxyl groups excluding tert-OH is 1. The molecule has 0 saturated carbocycles. The van der Waals surface area contributed by atoms with Gasteiger partial charge in [-0.25, -0.2) is 0 Å². The summed E-state index contributed by atoms with van der Waals surface area (Å²) < 4.78 is 0. The first-order valence-corrected chi connectivity index (χ1v) is 7.96. The van der Waals surface area contributed by atoms with E-state index in [9.17, 15) is 0 Å². The van der Waals surface area contributed by atoms with Crippen molar-refractivity contribution in [2.45, 2.75) is 25.8 Å². The number of hydrogen-bond acceptors (Lipinski definition) is 3. The van der Waals surface area contributed by atoms with Crippen LogP contribution in [0.3, 0.4) is 0 Å². The van der Waals surface area contributed by atoms with Gasteiger partial charge in [0.05, 0.1) is 0 Å². The molecule has 0 unspecified atom stereocenters. The summed E-state index contributed by atoms with van der Waals surface area (Å²) in [5.41, 5.74) is 1.34. The molecule has 0 bridgehead atoms. The molecule has 1 N–H and O–H groups in total. The molecule has 1 aromatic rings. The first-order valence-electron chi connectivity index (χ1n) is 7.58. The lowest BCUT2D eigenvalue weighted by Gasteiger charge is -2.21. The van der Waals surface area contributed by atoms with Crippen LogP contribution >= 0.6 is 11.6 Å². The predicted octanol–water partition coefficient (Wildman–Crippen LogP) is 2.62. The molecule has 0 aromatic heterocycles. The fourth-order valence-corrected chi connectivity index (χ4v) is 2.83. The van der Waals surface area contributed by atoms with Crippen LogP contribution in [-0.2, 0) is 6.54 Å². The molecule has 0 spiro atoms. The van der Waals surface area contributed by atoms with Crippen molar-refractivity contribution in [2.24, 2.45) is 0 Å². The Labute approximate surface area is 127 Å². The number of nitrogens with zero attached hydrogens (tertiary/aromatic N) is 2. The largest absolute Gasteiger partial charge is 0.396 e. The zero-order chi connectivity index (χ0) is 14.2. The van der Waals surface area contributed by atoms with Crippen molar-refractivity contribution >= 4 is 11.6 Å². The van der Waals surface area contributed by atoms with Crippen LogP contribution in [0.15, 0.2) is 24.3 Å². The van der Waals surface area contributed by atoms with Gasteiger partial charge in [-0.15, -0.1) is 0 Å². The van der Waals surface area contributed by atoms with Crippen molar-refractivity contribution in [1.82, 2.24) is 9.80 Å². The van der Waals surface area contributed by atoms with Gasteiger partial charge in [-0.2, -0.15) is 0 Å². The zero-order valence-electron chi connectivity index (χ0n) is 12.1. The highest BCUT2D eigenvalue weighted by molar-refractivity contribution is 6.30. The number of aliphatic hydroxyl groups is 1. The average molecular weight is 297 g/mol. The van der Waals surface area contributed by atoms with Crippen LogP contribution < -0.4 is 0 Å². The molecule has 2 rings (SSSR count). The molecule has 1 saturated heterocycles. The number of rotatable bonds is 6. The summed E-state index contributed by atoms with van der Waals surface area (Å²) in [6.07, 6.45) is 3.26. The van der Waals surface area contributed by atoms with Gasteiger partial charge in [-0.05, 0) is 56.6 Å². The number of benzene rings is 1. The van der Waals surface area contributed by atoms with Crippen molar-refractivity contribution < 1.29 is 5.11 Å². The van der Waals surface area contributed by atoms with Crippen LogP contribution in [-0.4, -0.2) is 54.2 Å². The Balaban J connectivity index is 1.76. The lowest BCUT2D eigenvalue weighted by Crippen LogP contribution is -2.31. The lowest BCUT2D eigenvalue weighted by atomic mass is 10.2. The molecule has 1 aliphatic rings. The van der Waals surface area contributed by atoms with Crippen LogP contribution in [0.2, 0.25) is 5.02 Å². The third-order valence-corrected chi connectivity index (χ3v) is 4.14. The predicted molar refractivity (Wildman–Crippen MR) is 84.1 cm³/mol. The molecule has 0 radical (unpaired) electrons. The zero-order valence-corrected chi connectivity index (χ0v) is 12.9. The molecule has 1 aromatic carbocycles. The highest BCUT2D eigenvalue weighted by Gasteiger charge is 2.14. The topological polar surface area (TPSA) is 26.7 Å². The number of hydrogen-bond donors (Lipinski definition) is 1. The fourth-order valence-electron chi connectivity index (χ4n) is 2.70. The molecule has 0 atom stereocenters. The normalized spacial score (nSPS) is 18.1. The first-order chi connectivity index (χ1) is 9.78. The van der Waals surface area contributed by atoms with E-state index in [1.807, 2.05) is 12.1 Å². The van der Waals surface area contributed by atoms with Crippen molar-refractivity contribution in [3.63, 3.8) is 0 Å². The van der Waals surface area contributed by atoms with Gasteiger partial charge < -0.3 is 10.0 Å². The Morgan fingerprint density at radius 1 is 0.950 bits per heavy atom. The van der Waals surface area contributed by atoms with Crippen LogP contribution in [0.4, 0.5) is 0 Å². The second kappa shape index (κ2) is 8.63. The van der Waals surface area contributed by atoms with Gasteiger partial charge in [0.1, 0.15) is 0 Å². The Bertz CT molecular complexity index is 383. The monoisotopic (exact) mass is 296 g/mol. The average Bonchev–Trinajstić information content (AvgIpc) is 2.67. The minimum Gasteiger partial charge on any atom is -0.396 e. The molecule has 1 fully saturated rings. The summed E-state index contributed by atoms with van der Waals surface area (Å²) in [5, 5.41) is 9.65. The second-order valence-corrected chi connectivity index (χ2v) is 5.96. The third kappa shape index (κ3) is 5.41. The Hall–Kier alpha value is -0.610. The van der Waals surface area contributed by atoms with E-state index in [4.69, 9.17) is 16.7 Å². The fraction of sp³-hybridized carbons (Fsp3) is 0.625. The van der Waals surface area contributed by atoms with E-state index in [1.54, 1.807) is 0 Å². The molecule has 112 valence electrons. The van der Waals surface area contributed by atoms with Crippen LogP contribution in [0.5, 0.6) is 0 Å². The second-order valence-electron chi connectivity index (χ2n) is 5.53. The number of halogens is 1. The molecule has 20 heavy (non-hydrogen) atoms. The molecule has 1 aliphatic heterocycles. The first kappa shape index (κ1) is 15.8. The van der Waals surface area contributed by atoms with E-state index < -0.39 is 0 Å². The summed E-state index contributed by atoms with van der Waals surface area (Å²) in [6, 6.07) is 8.17. The molecular formula is C16H25ClN2O. The number of unbranched alkanes of at least 4 members (excludes halogenated alkanes) is 1. The van der Waals surface area contributed by atoms with Crippen molar-refractivity contribution in [3.05, 3.63) is 34.9 Å². The summed E-state index contributed by atoms with van der Waals surface area (Å²) >= 11 is 5.92. The van der Waals surface area contributed by atoms with E-state index in [2.05, 4.69) is 21.9 Å². The van der Waals surface area contributed by atoms with Crippen LogP contribution in [0.25, 0.3) is 0 Å². The van der Waals surface area contributed by atoms with Crippen molar-refractivity contribution in [2.75, 3.05) is 39.3 Å². The summed E-state index contributed by atoms with van der Waals surface area (Å²) in [4.78, 5) is 5.05. The molecule has 0 aliphatic carbocycles. The smallest absolute Gasteiger partial charge is 0.0431 e. The van der Waals surface area contributed by atoms with Gasteiger partial charge in [0.15, 0.2) is 0 Å². The quantitative estimate of drug-likeness (QED) is 0.818. The van der Waals surface area contributed by atoms with Gasteiger partial charge in [0.2, 0.25) is 0 Å². The molecular weight excluding hydrogens is 272 g/mol. The van der Waals surface area contributed by atoms with E-state index in [0.29, 0.717) is 6.61 Å². The van der Waals surface area contributed by atoms with Crippen molar-refractivity contribution in [3.8, 4) is 0 Å². The molecule has 3 nitrogen and oxygen atoms in total. The van der Waals surface area contributed by atoms with Crippen LogP contribution in [0, 0.1) is 0 Å². The molecule has 4 heteroatoms. The maximum atomic E-state index is 8.84. The Morgan fingerprint density at radius 2 is 1.65 bits per heavy atom. The lowest BCUT2D eigenvalue weighted by molar-refractivity contribution is 0.235. The van der Waals surface area contributed by atoms with E-state index in [-0.39, 0.29) is 0 Å². The summed E-state index contributed by atoms with van der Waals surface area (Å²) in [6.45, 7) is 7.07. The highest BCUT2D eigenvalue weighted by atomic mass is 35.5. The maximum absolute atomic E-state index is 8.84. The molecule has 1 heterocycles. The van der Waals surface area contributed by atoms with E-state index in [1.165, 1.54) is 25.1 Å². The summed E-state index contributed by atoms with van der Waals surface area (Å²) in [5.74, 6) is 0.